The Morgan fingerprint density at radius 2 is 2.22 bits per heavy atom. The van der Waals surface area contributed by atoms with E-state index in [9.17, 15) is 14.0 Å². The highest BCUT2D eigenvalue weighted by atomic mass is 19.1. The molecule has 18 heavy (non-hydrogen) atoms. The molecule has 1 heterocycles. The predicted octanol–water partition coefficient (Wildman–Crippen LogP) is 1.37. The maximum absolute atomic E-state index is 13.6. The minimum atomic E-state index is -1.08. The van der Waals surface area contributed by atoms with Crippen LogP contribution in [0.3, 0.4) is 0 Å². The molecule has 0 radical (unpaired) electrons. The van der Waals surface area contributed by atoms with Crippen molar-refractivity contribution < 1.29 is 19.1 Å². The SMILES string of the molecule is CC(C(=O)O)N1CC(c2ccccc2F)NC1=O. The van der Waals surface area contributed by atoms with Crippen molar-refractivity contribution in [2.45, 2.75) is 19.0 Å². The molecule has 0 aliphatic carbocycles. The van der Waals surface area contributed by atoms with E-state index in [1.54, 1.807) is 18.2 Å². The van der Waals surface area contributed by atoms with Gasteiger partial charge in [-0.25, -0.2) is 14.0 Å². The van der Waals surface area contributed by atoms with Gasteiger partial charge in [0.1, 0.15) is 11.9 Å². The predicted molar refractivity (Wildman–Crippen MR) is 61.5 cm³/mol. The summed E-state index contributed by atoms with van der Waals surface area (Å²) >= 11 is 0. The molecule has 1 fully saturated rings. The molecule has 0 bridgehead atoms. The first-order valence-electron chi connectivity index (χ1n) is 5.55. The number of carboxylic acids is 1. The third kappa shape index (κ3) is 2.13. The monoisotopic (exact) mass is 252 g/mol. The van der Waals surface area contributed by atoms with Crippen molar-refractivity contribution in [3.63, 3.8) is 0 Å². The lowest BCUT2D eigenvalue weighted by molar-refractivity contribution is -0.141. The van der Waals surface area contributed by atoms with Gasteiger partial charge < -0.3 is 15.3 Å². The maximum Gasteiger partial charge on any atom is 0.326 e. The standard InChI is InChI=1S/C12H13FN2O3/c1-7(11(16)17)15-6-10(14-12(15)18)8-4-2-3-5-9(8)13/h2-5,7,10H,6H2,1H3,(H,14,18)(H,16,17). The van der Waals surface area contributed by atoms with Gasteiger partial charge in [0.2, 0.25) is 0 Å². The van der Waals surface area contributed by atoms with Gasteiger partial charge in [0, 0.05) is 12.1 Å². The zero-order valence-corrected chi connectivity index (χ0v) is 9.76. The lowest BCUT2D eigenvalue weighted by Gasteiger charge is -2.19. The smallest absolute Gasteiger partial charge is 0.326 e. The minimum Gasteiger partial charge on any atom is -0.480 e. The van der Waals surface area contributed by atoms with Crippen LogP contribution in [0.5, 0.6) is 0 Å². The van der Waals surface area contributed by atoms with E-state index in [0.29, 0.717) is 5.56 Å². The summed E-state index contributed by atoms with van der Waals surface area (Å²) in [7, 11) is 0. The van der Waals surface area contributed by atoms with Crippen molar-refractivity contribution in [1.29, 1.82) is 0 Å². The zero-order valence-electron chi connectivity index (χ0n) is 9.76. The number of aliphatic carboxylic acids is 1. The van der Waals surface area contributed by atoms with E-state index in [4.69, 9.17) is 5.11 Å². The second-order valence-electron chi connectivity index (χ2n) is 4.19. The number of nitrogens with zero attached hydrogens (tertiary/aromatic N) is 1. The molecule has 2 N–H and O–H groups in total. The molecule has 0 spiro atoms. The van der Waals surface area contributed by atoms with E-state index in [0.717, 1.165) is 0 Å². The molecular formula is C12H13FN2O3. The van der Waals surface area contributed by atoms with E-state index in [-0.39, 0.29) is 6.54 Å². The first kappa shape index (κ1) is 12.3. The van der Waals surface area contributed by atoms with Gasteiger partial charge in [0.25, 0.3) is 0 Å². The summed E-state index contributed by atoms with van der Waals surface area (Å²) < 4.78 is 13.6. The van der Waals surface area contributed by atoms with Crippen LogP contribution in [-0.4, -0.2) is 34.6 Å². The number of rotatable bonds is 3. The number of nitrogens with one attached hydrogen (secondary N) is 1. The third-order valence-corrected chi connectivity index (χ3v) is 3.04. The Labute approximate surface area is 103 Å². The molecule has 1 aromatic carbocycles. The van der Waals surface area contributed by atoms with Gasteiger partial charge in [0.05, 0.1) is 6.04 Å². The average molecular weight is 252 g/mol. The quantitative estimate of drug-likeness (QED) is 0.853. The lowest BCUT2D eigenvalue weighted by atomic mass is 10.1. The van der Waals surface area contributed by atoms with E-state index >= 15 is 0 Å². The van der Waals surface area contributed by atoms with Gasteiger partial charge in [-0.05, 0) is 13.0 Å². The molecule has 1 aliphatic rings. The molecule has 6 heteroatoms. The molecule has 1 aromatic rings. The molecule has 5 nitrogen and oxygen atoms in total. The Morgan fingerprint density at radius 3 is 2.83 bits per heavy atom. The molecule has 2 rings (SSSR count). The van der Waals surface area contributed by atoms with Crippen molar-refractivity contribution in [2.75, 3.05) is 6.54 Å². The highest BCUT2D eigenvalue weighted by molar-refractivity contribution is 5.84. The van der Waals surface area contributed by atoms with Crippen LogP contribution in [0.1, 0.15) is 18.5 Å². The first-order chi connectivity index (χ1) is 8.50. The summed E-state index contributed by atoms with van der Waals surface area (Å²) in [5.74, 6) is -1.49. The summed E-state index contributed by atoms with van der Waals surface area (Å²) in [6, 6.07) is 4.20. The van der Waals surface area contributed by atoms with Crippen molar-refractivity contribution in [3.05, 3.63) is 35.6 Å². The van der Waals surface area contributed by atoms with E-state index in [1.807, 2.05) is 0 Å². The molecule has 1 saturated heterocycles. The molecule has 0 aromatic heterocycles. The molecule has 1 aliphatic heterocycles. The number of carbonyl (C=O) groups is 2. The normalized spacial score (nSPS) is 20.7. The molecule has 0 saturated carbocycles. The summed E-state index contributed by atoms with van der Waals surface area (Å²) in [6.45, 7) is 1.57. The number of carbonyl (C=O) groups excluding carboxylic acids is 1. The van der Waals surface area contributed by atoms with Gasteiger partial charge in [0.15, 0.2) is 0 Å². The summed E-state index contributed by atoms with van der Waals surface area (Å²) in [5.41, 5.74) is 0.367. The van der Waals surface area contributed by atoms with E-state index < -0.39 is 29.9 Å². The molecule has 2 atom stereocenters. The molecule has 2 amide bonds. The highest BCUT2D eigenvalue weighted by Gasteiger charge is 2.36. The van der Waals surface area contributed by atoms with Gasteiger partial charge >= 0.3 is 12.0 Å². The van der Waals surface area contributed by atoms with Crippen LogP contribution in [0.15, 0.2) is 24.3 Å². The van der Waals surface area contributed by atoms with Gasteiger partial charge in [-0.3, -0.25) is 0 Å². The summed E-state index contributed by atoms with van der Waals surface area (Å²) in [5, 5.41) is 11.5. The molecule has 96 valence electrons. The van der Waals surface area contributed by atoms with Crippen molar-refractivity contribution >= 4 is 12.0 Å². The Bertz CT molecular complexity index is 492. The van der Waals surface area contributed by atoms with E-state index in [2.05, 4.69) is 5.32 Å². The van der Waals surface area contributed by atoms with Crippen LogP contribution in [0, 0.1) is 5.82 Å². The van der Waals surface area contributed by atoms with Crippen LogP contribution in [-0.2, 0) is 4.79 Å². The number of hydrogen-bond donors (Lipinski definition) is 2. The molecular weight excluding hydrogens is 239 g/mol. The second kappa shape index (κ2) is 4.64. The minimum absolute atomic E-state index is 0.146. The molecule has 2 unspecified atom stereocenters. The van der Waals surface area contributed by atoms with E-state index in [1.165, 1.54) is 17.9 Å². The Morgan fingerprint density at radius 1 is 1.56 bits per heavy atom. The van der Waals surface area contributed by atoms with Crippen molar-refractivity contribution in [2.24, 2.45) is 0 Å². The van der Waals surface area contributed by atoms with Crippen LogP contribution < -0.4 is 5.32 Å². The highest BCUT2D eigenvalue weighted by Crippen LogP contribution is 2.23. The number of hydrogen-bond acceptors (Lipinski definition) is 2. The number of halogens is 1. The number of urea groups is 1. The topological polar surface area (TPSA) is 69.6 Å². The Hall–Kier alpha value is -2.11. The first-order valence-corrected chi connectivity index (χ1v) is 5.55. The number of benzene rings is 1. The number of amides is 2. The lowest BCUT2D eigenvalue weighted by Crippen LogP contribution is -2.40. The van der Waals surface area contributed by atoms with Gasteiger partial charge in [-0.2, -0.15) is 0 Å². The fraction of sp³-hybridized carbons (Fsp3) is 0.333. The van der Waals surface area contributed by atoms with Crippen LogP contribution in [0.2, 0.25) is 0 Å². The second-order valence-corrected chi connectivity index (χ2v) is 4.19. The summed E-state index contributed by atoms with van der Waals surface area (Å²) in [6.07, 6.45) is 0. The maximum atomic E-state index is 13.6. The van der Waals surface area contributed by atoms with Gasteiger partial charge in [-0.15, -0.1) is 0 Å². The largest absolute Gasteiger partial charge is 0.480 e. The van der Waals surface area contributed by atoms with Crippen LogP contribution >= 0.6 is 0 Å². The summed E-state index contributed by atoms with van der Waals surface area (Å²) in [4.78, 5) is 23.7. The number of carboxylic acid groups (broad SMARTS) is 1. The van der Waals surface area contributed by atoms with Crippen molar-refractivity contribution in [1.82, 2.24) is 10.2 Å². The fourth-order valence-corrected chi connectivity index (χ4v) is 1.96. The van der Waals surface area contributed by atoms with Crippen LogP contribution in [0.4, 0.5) is 9.18 Å². The third-order valence-electron chi connectivity index (χ3n) is 3.04. The van der Waals surface area contributed by atoms with Crippen molar-refractivity contribution in [3.8, 4) is 0 Å². The Balaban J connectivity index is 2.19. The van der Waals surface area contributed by atoms with Gasteiger partial charge in [-0.1, -0.05) is 18.2 Å². The average Bonchev–Trinajstić information content (AvgIpc) is 2.70. The Kier molecular flexibility index (Phi) is 3.18. The van der Waals surface area contributed by atoms with Crippen LogP contribution in [0.25, 0.3) is 0 Å². The fourth-order valence-electron chi connectivity index (χ4n) is 1.96. The zero-order chi connectivity index (χ0) is 13.3.